The van der Waals surface area contributed by atoms with Crippen LogP contribution in [0.3, 0.4) is 0 Å². The zero-order valence-electron chi connectivity index (χ0n) is 50.6. The number of hydrogen-bond donors (Lipinski definition) is 0. The summed E-state index contributed by atoms with van der Waals surface area (Å²) in [6.07, 6.45) is 0. The lowest BCUT2D eigenvalue weighted by Gasteiger charge is -2.45. The summed E-state index contributed by atoms with van der Waals surface area (Å²) in [5.74, 6) is 0. The fraction of sp³-hybridized carbons (Fsp3) is 0.146. The normalized spacial score (nSPS) is 13.3. The molecule has 0 bridgehead atoms. The summed E-state index contributed by atoms with van der Waals surface area (Å²) in [6, 6.07) is 94.9. The van der Waals surface area contributed by atoms with E-state index in [-0.39, 0.29) is 23.0 Å². The summed E-state index contributed by atoms with van der Waals surface area (Å²) in [5.41, 5.74) is 25.4. The molecule has 3 heterocycles. The summed E-state index contributed by atoms with van der Waals surface area (Å²) < 4.78 is 2.47. The Morgan fingerprint density at radius 3 is 1.24 bits per heavy atom. The van der Waals surface area contributed by atoms with E-state index in [9.17, 15) is 0 Å². The van der Waals surface area contributed by atoms with Gasteiger partial charge in [0.15, 0.2) is 0 Å². The SMILES string of the molecule is CC(C)(C)c1cc2c3c(c1)N(c1ccc(-c4ccccc4)cc1)c1cc(-n4c5ccccc5c5ccccc54)ccc1B3c1ccc(-c3cc4cc(C(C)(C)C)cc5ccc6cc(C(C)(C)C)cc3c6c54)cc1N2c1ccc(-c2ccccc2)cc1. The largest absolute Gasteiger partial charge is 0.311 e. The van der Waals surface area contributed by atoms with E-state index in [1.165, 1.54) is 143 Å². The van der Waals surface area contributed by atoms with Crippen molar-refractivity contribution >= 4 is 111 Å². The minimum atomic E-state index is -0.198. The smallest absolute Gasteiger partial charge is 0.252 e. The molecular weight excluding hydrogens is 1040 g/mol. The molecule has 4 heteroatoms. The number of nitrogens with zero attached hydrogens (tertiary/aromatic N) is 3. The van der Waals surface area contributed by atoms with Crippen molar-refractivity contribution in [1.29, 1.82) is 0 Å². The Labute approximate surface area is 505 Å². The molecule has 0 fully saturated rings. The van der Waals surface area contributed by atoms with Gasteiger partial charge < -0.3 is 14.4 Å². The molecule has 0 saturated carbocycles. The molecule has 0 radical (unpaired) electrons. The van der Waals surface area contributed by atoms with Crippen molar-refractivity contribution in [3.8, 4) is 39.1 Å². The average molecular weight is 1110 g/mol. The molecule has 0 saturated heterocycles. The molecule has 16 rings (SSSR count). The van der Waals surface area contributed by atoms with Gasteiger partial charge in [0.2, 0.25) is 0 Å². The molecule has 0 spiro atoms. The van der Waals surface area contributed by atoms with Gasteiger partial charge >= 0.3 is 0 Å². The van der Waals surface area contributed by atoms with Crippen LogP contribution in [0.5, 0.6) is 0 Å². The summed E-state index contributed by atoms with van der Waals surface area (Å²) in [5, 5.41) is 10.4. The van der Waals surface area contributed by atoms with Crippen LogP contribution in [0.15, 0.2) is 249 Å². The fourth-order valence-corrected chi connectivity index (χ4v) is 14.4. The molecular formula is C82H68BN3. The van der Waals surface area contributed by atoms with Crippen molar-refractivity contribution in [2.75, 3.05) is 9.80 Å². The summed E-state index contributed by atoms with van der Waals surface area (Å²) in [4.78, 5) is 5.20. The molecule has 0 unspecified atom stereocenters. The van der Waals surface area contributed by atoms with E-state index in [4.69, 9.17) is 0 Å². The summed E-state index contributed by atoms with van der Waals surface area (Å²) >= 11 is 0. The first-order valence-corrected chi connectivity index (χ1v) is 30.7. The van der Waals surface area contributed by atoms with E-state index in [2.05, 4.69) is 325 Å². The van der Waals surface area contributed by atoms with Gasteiger partial charge in [0, 0.05) is 50.6 Å². The highest BCUT2D eigenvalue weighted by atomic mass is 15.2. The van der Waals surface area contributed by atoms with Crippen molar-refractivity contribution in [2.45, 2.75) is 78.6 Å². The van der Waals surface area contributed by atoms with Gasteiger partial charge in [-0.2, -0.15) is 0 Å². The van der Waals surface area contributed by atoms with Crippen LogP contribution in [0.2, 0.25) is 0 Å². The zero-order valence-corrected chi connectivity index (χ0v) is 50.6. The zero-order chi connectivity index (χ0) is 58.5. The lowest BCUT2D eigenvalue weighted by Crippen LogP contribution is -2.61. The number of hydrogen-bond acceptors (Lipinski definition) is 2. The first kappa shape index (κ1) is 52.0. The average Bonchev–Trinajstić information content (AvgIpc) is 0.839. The Morgan fingerprint density at radius 1 is 0.291 bits per heavy atom. The molecule has 3 nitrogen and oxygen atoms in total. The van der Waals surface area contributed by atoms with Gasteiger partial charge in [-0.05, 0) is 194 Å². The van der Waals surface area contributed by atoms with Gasteiger partial charge in [0.05, 0.1) is 11.0 Å². The Bertz CT molecular complexity index is 4980. The number of anilines is 6. The molecule has 1 aromatic heterocycles. The van der Waals surface area contributed by atoms with E-state index in [1.807, 2.05) is 0 Å². The first-order valence-electron chi connectivity index (χ1n) is 30.7. The minimum Gasteiger partial charge on any atom is -0.311 e. The van der Waals surface area contributed by atoms with Crippen LogP contribution in [0.25, 0.3) is 93.2 Å². The van der Waals surface area contributed by atoms with Crippen LogP contribution in [-0.2, 0) is 16.2 Å². The van der Waals surface area contributed by atoms with Gasteiger partial charge in [-0.1, -0.05) is 232 Å². The quantitative estimate of drug-likeness (QED) is 0.121. The standard InChI is InChI=1S/C82H68BN3/c1-80(2,3)59-42-56-28-29-57-43-60(81(4,5)6)47-68-67(45-58(44-59)77(56)78(57)68)55-34-40-69-73(46-55)84(62-35-30-53(31-36-62)51-20-12-10-13-21-51)75-48-61(82(7,8)9)49-76-79(75)83(69)70-41-39-64(86-71-26-18-16-24-65(71)66-25-17-19-27-72(66)86)50-74(70)85(76)63-37-32-54(33-38-63)52-22-14-11-15-23-52/h10-50H,1-9H3. The van der Waals surface area contributed by atoms with E-state index < -0.39 is 0 Å². The lowest BCUT2D eigenvalue weighted by molar-refractivity contribution is 0.590. The van der Waals surface area contributed by atoms with Crippen molar-refractivity contribution in [3.63, 3.8) is 0 Å². The first-order chi connectivity index (χ1) is 41.5. The second-order valence-electron chi connectivity index (χ2n) is 27.4. The van der Waals surface area contributed by atoms with Crippen LogP contribution in [0.4, 0.5) is 34.1 Å². The second-order valence-corrected chi connectivity index (χ2v) is 27.4. The van der Waals surface area contributed by atoms with Gasteiger partial charge in [-0.25, -0.2) is 0 Å². The topological polar surface area (TPSA) is 11.4 Å². The Kier molecular flexibility index (Phi) is 11.4. The van der Waals surface area contributed by atoms with Crippen molar-refractivity contribution < 1.29 is 0 Å². The van der Waals surface area contributed by atoms with Gasteiger partial charge in [-0.15, -0.1) is 0 Å². The van der Waals surface area contributed by atoms with E-state index in [1.54, 1.807) is 0 Å². The number of fused-ring (bicyclic) bond motifs is 7. The molecule has 2 aliphatic rings. The van der Waals surface area contributed by atoms with Crippen molar-refractivity contribution in [2.24, 2.45) is 0 Å². The second kappa shape index (κ2) is 18.9. The van der Waals surface area contributed by atoms with Gasteiger partial charge in [-0.3, -0.25) is 0 Å². The molecule has 2 aliphatic heterocycles. The maximum atomic E-state index is 2.61. The number of benzene rings is 13. The van der Waals surface area contributed by atoms with Gasteiger partial charge in [0.25, 0.3) is 6.71 Å². The molecule has 0 amide bonds. The molecule has 0 N–H and O–H groups in total. The van der Waals surface area contributed by atoms with E-state index >= 15 is 0 Å². The fourth-order valence-electron chi connectivity index (χ4n) is 14.4. The predicted molar refractivity (Wildman–Crippen MR) is 371 cm³/mol. The summed E-state index contributed by atoms with van der Waals surface area (Å²) in [7, 11) is 0. The third kappa shape index (κ3) is 8.17. The lowest BCUT2D eigenvalue weighted by atomic mass is 9.33. The molecule has 13 aromatic carbocycles. The monoisotopic (exact) mass is 1110 g/mol. The molecule has 0 atom stereocenters. The minimum absolute atomic E-state index is 0.0216. The molecule has 414 valence electrons. The molecule has 0 aliphatic carbocycles. The predicted octanol–water partition coefficient (Wildman–Crippen LogP) is 20.7. The van der Waals surface area contributed by atoms with Crippen LogP contribution in [0, 0.1) is 0 Å². The highest BCUT2D eigenvalue weighted by Crippen LogP contribution is 2.50. The van der Waals surface area contributed by atoms with Crippen molar-refractivity contribution in [3.05, 3.63) is 265 Å². The third-order valence-electron chi connectivity index (χ3n) is 18.9. The van der Waals surface area contributed by atoms with Crippen LogP contribution in [-0.4, -0.2) is 11.3 Å². The van der Waals surface area contributed by atoms with E-state index in [0.29, 0.717) is 0 Å². The Balaban J connectivity index is 0.994. The third-order valence-corrected chi connectivity index (χ3v) is 18.9. The van der Waals surface area contributed by atoms with Crippen LogP contribution >= 0.6 is 0 Å². The molecule has 86 heavy (non-hydrogen) atoms. The summed E-state index contributed by atoms with van der Waals surface area (Å²) in [6.45, 7) is 21.1. The Morgan fingerprint density at radius 2 is 0.709 bits per heavy atom. The molecule has 14 aromatic rings. The highest BCUT2D eigenvalue weighted by molar-refractivity contribution is 7.00. The number of para-hydroxylation sites is 2. The highest BCUT2D eigenvalue weighted by Gasteiger charge is 2.45. The van der Waals surface area contributed by atoms with Crippen molar-refractivity contribution in [1.82, 2.24) is 4.57 Å². The van der Waals surface area contributed by atoms with Gasteiger partial charge in [0.1, 0.15) is 0 Å². The number of rotatable bonds is 6. The van der Waals surface area contributed by atoms with Crippen LogP contribution < -0.4 is 26.2 Å². The Hall–Kier alpha value is -9.64. The number of aromatic nitrogens is 1. The van der Waals surface area contributed by atoms with Crippen LogP contribution in [0.1, 0.15) is 79.0 Å². The van der Waals surface area contributed by atoms with E-state index in [0.717, 1.165) is 17.1 Å². The maximum absolute atomic E-state index is 2.61. The maximum Gasteiger partial charge on any atom is 0.252 e.